The summed E-state index contributed by atoms with van der Waals surface area (Å²) in [5, 5.41) is 15.5. The van der Waals surface area contributed by atoms with Crippen molar-refractivity contribution in [2.45, 2.75) is 0 Å². The molecule has 4 nitrogen and oxygen atoms in total. The van der Waals surface area contributed by atoms with Gasteiger partial charge >= 0.3 is 0 Å². The molecule has 0 saturated carbocycles. The van der Waals surface area contributed by atoms with E-state index in [0.29, 0.717) is 11.6 Å². The maximum Gasteiger partial charge on any atom is 0.162 e. The van der Waals surface area contributed by atoms with Crippen molar-refractivity contribution in [3.63, 3.8) is 0 Å². The van der Waals surface area contributed by atoms with E-state index < -0.39 is 11.6 Å². The van der Waals surface area contributed by atoms with Crippen LogP contribution in [-0.4, -0.2) is 15.3 Å². The molecule has 0 aliphatic heterocycles. The lowest BCUT2D eigenvalue weighted by atomic mass is 10.1. The number of hydrogen-bond acceptors (Lipinski definition) is 3. The lowest BCUT2D eigenvalue weighted by Gasteiger charge is -2.03. The van der Waals surface area contributed by atoms with E-state index in [0.717, 1.165) is 6.07 Å². The largest absolute Gasteiger partial charge is 0.507 e. The fraction of sp³-hybridized carbons (Fsp3) is 0. The minimum atomic E-state index is -1.11. The summed E-state index contributed by atoms with van der Waals surface area (Å²) in [6, 6.07) is 1.56. The van der Waals surface area contributed by atoms with Crippen LogP contribution < -0.4 is 5.73 Å². The molecule has 0 radical (unpaired) electrons. The normalized spacial score (nSPS) is 10.5. The number of rotatable bonds is 1. The van der Waals surface area contributed by atoms with Gasteiger partial charge in [-0.05, 0) is 6.07 Å². The zero-order valence-corrected chi connectivity index (χ0v) is 7.46. The summed E-state index contributed by atoms with van der Waals surface area (Å²) >= 11 is 0. The van der Waals surface area contributed by atoms with E-state index in [1.54, 1.807) is 0 Å². The monoisotopic (exact) mass is 211 g/mol. The van der Waals surface area contributed by atoms with Gasteiger partial charge in [-0.1, -0.05) is 0 Å². The van der Waals surface area contributed by atoms with Crippen molar-refractivity contribution < 1.29 is 13.9 Å². The van der Waals surface area contributed by atoms with Gasteiger partial charge in [-0.3, -0.25) is 5.10 Å². The van der Waals surface area contributed by atoms with Crippen molar-refractivity contribution in [1.82, 2.24) is 10.2 Å². The van der Waals surface area contributed by atoms with E-state index >= 15 is 0 Å². The first-order valence-corrected chi connectivity index (χ1v) is 4.07. The Bertz CT molecular complexity index is 510. The first kappa shape index (κ1) is 9.45. The second-order valence-electron chi connectivity index (χ2n) is 2.98. The van der Waals surface area contributed by atoms with Gasteiger partial charge in [0.05, 0.1) is 6.20 Å². The number of H-pyrrole nitrogens is 1. The average molecular weight is 211 g/mol. The summed E-state index contributed by atoms with van der Waals surface area (Å²) in [5.74, 6) is -2.37. The molecule has 0 unspecified atom stereocenters. The van der Waals surface area contributed by atoms with E-state index in [-0.39, 0.29) is 17.1 Å². The Labute approximate surface area is 83.4 Å². The number of nitrogens with two attached hydrogens (primary N) is 1. The Morgan fingerprint density at radius 1 is 1.20 bits per heavy atom. The maximum atomic E-state index is 12.9. The fourth-order valence-corrected chi connectivity index (χ4v) is 1.26. The number of aromatic nitrogens is 2. The number of nitrogens with zero attached hydrogens (tertiary/aromatic N) is 1. The molecule has 15 heavy (non-hydrogen) atoms. The van der Waals surface area contributed by atoms with Gasteiger partial charge in [-0.25, -0.2) is 8.78 Å². The molecule has 0 spiro atoms. The van der Waals surface area contributed by atoms with Gasteiger partial charge in [0.15, 0.2) is 11.6 Å². The third-order valence-corrected chi connectivity index (χ3v) is 2.00. The Morgan fingerprint density at radius 2 is 1.87 bits per heavy atom. The third-order valence-electron chi connectivity index (χ3n) is 2.00. The fourth-order valence-electron chi connectivity index (χ4n) is 1.26. The molecular weight excluding hydrogens is 204 g/mol. The molecule has 6 heteroatoms. The number of nitrogen functional groups attached to an aromatic ring is 1. The maximum absolute atomic E-state index is 12.9. The first-order chi connectivity index (χ1) is 7.09. The number of hydrogen-bond donors (Lipinski definition) is 3. The lowest BCUT2D eigenvalue weighted by molar-refractivity contribution is 0.457. The second-order valence-corrected chi connectivity index (χ2v) is 2.98. The predicted octanol–water partition coefficient (Wildman–Crippen LogP) is 1.64. The van der Waals surface area contributed by atoms with Gasteiger partial charge in [-0.2, -0.15) is 5.10 Å². The van der Waals surface area contributed by atoms with Crippen molar-refractivity contribution in [2.75, 3.05) is 5.73 Å². The molecule has 1 aromatic carbocycles. The number of anilines is 1. The van der Waals surface area contributed by atoms with E-state index in [1.165, 1.54) is 6.20 Å². The Kier molecular flexibility index (Phi) is 2.03. The molecule has 0 aliphatic carbocycles. The van der Waals surface area contributed by atoms with Crippen LogP contribution in [0, 0.1) is 11.6 Å². The minimum absolute atomic E-state index is 0.0974. The second kappa shape index (κ2) is 3.23. The van der Waals surface area contributed by atoms with Crippen molar-refractivity contribution in [3.8, 4) is 16.9 Å². The van der Waals surface area contributed by atoms with Crippen LogP contribution in [-0.2, 0) is 0 Å². The zero-order chi connectivity index (χ0) is 11.0. The quantitative estimate of drug-likeness (QED) is 0.671. The van der Waals surface area contributed by atoms with Crippen LogP contribution in [0.5, 0.6) is 5.75 Å². The van der Waals surface area contributed by atoms with Crippen LogP contribution in [0.1, 0.15) is 0 Å². The topological polar surface area (TPSA) is 74.9 Å². The van der Waals surface area contributed by atoms with Crippen LogP contribution in [0.3, 0.4) is 0 Å². The van der Waals surface area contributed by atoms with E-state index in [9.17, 15) is 13.9 Å². The van der Waals surface area contributed by atoms with Gasteiger partial charge in [-0.15, -0.1) is 0 Å². The van der Waals surface area contributed by atoms with Gasteiger partial charge < -0.3 is 10.8 Å². The standard InChI is InChI=1S/C9H7F2N3O/c10-6-1-4(8(15)2-7(6)11)5-3-13-14-9(5)12/h1-3,15H,(H3,12,13,14). The highest BCUT2D eigenvalue weighted by atomic mass is 19.2. The van der Waals surface area contributed by atoms with Crippen LogP contribution in [0.25, 0.3) is 11.1 Å². The predicted molar refractivity (Wildman–Crippen MR) is 50.0 cm³/mol. The Morgan fingerprint density at radius 3 is 2.47 bits per heavy atom. The molecule has 2 rings (SSSR count). The third kappa shape index (κ3) is 1.50. The Balaban J connectivity index is 2.64. The highest BCUT2D eigenvalue weighted by molar-refractivity contribution is 5.77. The average Bonchev–Trinajstić information content (AvgIpc) is 2.58. The van der Waals surface area contributed by atoms with Crippen molar-refractivity contribution in [2.24, 2.45) is 0 Å². The molecule has 0 amide bonds. The molecule has 1 aromatic heterocycles. The van der Waals surface area contributed by atoms with Crippen LogP contribution in [0.4, 0.5) is 14.6 Å². The number of aromatic hydroxyl groups is 1. The van der Waals surface area contributed by atoms with Crippen molar-refractivity contribution >= 4 is 5.82 Å². The number of phenols is 1. The summed E-state index contributed by atoms with van der Waals surface area (Å²) in [6.07, 6.45) is 1.32. The summed E-state index contributed by atoms with van der Waals surface area (Å²) in [4.78, 5) is 0. The highest BCUT2D eigenvalue weighted by Gasteiger charge is 2.13. The van der Waals surface area contributed by atoms with Crippen molar-refractivity contribution in [3.05, 3.63) is 30.0 Å². The van der Waals surface area contributed by atoms with E-state index in [2.05, 4.69) is 10.2 Å². The van der Waals surface area contributed by atoms with Crippen LogP contribution in [0.2, 0.25) is 0 Å². The first-order valence-electron chi connectivity index (χ1n) is 4.07. The molecule has 1 heterocycles. The van der Waals surface area contributed by atoms with Gasteiger partial charge in [0, 0.05) is 17.2 Å². The number of halogens is 2. The molecule has 0 bridgehead atoms. The smallest absolute Gasteiger partial charge is 0.162 e. The summed E-state index contributed by atoms with van der Waals surface area (Å²) < 4.78 is 25.6. The molecule has 4 N–H and O–H groups in total. The lowest BCUT2D eigenvalue weighted by Crippen LogP contribution is -1.90. The number of phenolic OH excluding ortho intramolecular Hbond substituents is 1. The molecule has 78 valence electrons. The highest BCUT2D eigenvalue weighted by Crippen LogP contribution is 2.33. The van der Waals surface area contributed by atoms with Crippen LogP contribution >= 0.6 is 0 Å². The van der Waals surface area contributed by atoms with Crippen molar-refractivity contribution in [1.29, 1.82) is 0 Å². The van der Waals surface area contributed by atoms with Gasteiger partial charge in [0.1, 0.15) is 11.6 Å². The van der Waals surface area contributed by atoms with Gasteiger partial charge in [0.25, 0.3) is 0 Å². The number of benzene rings is 1. The molecule has 0 fully saturated rings. The van der Waals surface area contributed by atoms with E-state index in [1.807, 2.05) is 0 Å². The summed E-state index contributed by atoms with van der Waals surface area (Å²) in [7, 11) is 0. The molecule has 0 aliphatic rings. The minimum Gasteiger partial charge on any atom is -0.507 e. The summed E-state index contributed by atoms with van der Waals surface area (Å²) in [6.45, 7) is 0. The molecule has 0 saturated heterocycles. The van der Waals surface area contributed by atoms with Crippen LogP contribution in [0.15, 0.2) is 18.3 Å². The van der Waals surface area contributed by atoms with Gasteiger partial charge in [0.2, 0.25) is 0 Å². The Hall–Kier alpha value is -2.11. The zero-order valence-electron chi connectivity index (χ0n) is 7.46. The molecule has 0 atom stereocenters. The molecule has 2 aromatic rings. The van der Waals surface area contributed by atoms with E-state index in [4.69, 9.17) is 5.73 Å². The number of aromatic amines is 1. The number of nitrogens with one attached hydrogen (secondary N) is 1. The molecular formula is C9H7F2N3O. The summed E-state index contributed by atoms with van der Waals surface area (Å²) in [5.41, 5.74) is 5.91. The SMILES string of the molecule is Nc1[nH]ncc1-c1cc(F)c(F)cc1O.